The molecule has 3 saturated carbocycles. The fourth-order valence-electron chi connectivity index (χ4n) is 8.87. The first-order chi connectivity index (χ1) is 13.3. The largest absolute Gasteiger partial charge is 0.0845 e. The van der Waals surface area contributed by atoms with Crippen molar-refractivity contribution in [2.24, 2.45) is 52.3 Å². The van der Waals surface area contributed by atoms with Gasteiger partial charge in [0, 0.05) is 1.43 Å². The van der Waals surface area contributed by atoms with Crippen molar-refractivity contribution < 1.29 is 1.43 Å². The number of rotatable bonds is 5. The molecule has 0 aliphatic heterocycles. The summed E-state index contributed by atoms with van der Waals surface area (Å²) in [6, 6.07) is 0. The maximum Gasteiger partial charge on any atom is 0 e. The molecule has 0 aromatic rings. The van der Waals surface area contributed by atoms with Crippen LogP contribution < -0.4 is 0 Å². The second-order valence-corrected chi connectivity index (χ2v) is 12.6. The molecule has 28 heavy (non-hydrogen) atoms. The minimum atomic E-state index is 0. The Morgan fingerprint density at radius 2 is 1.79 bits per heavy atom. The monoisotopic (exact) mass is 386 g/mol. The molecule has 0 bridgehead atoms. The van der Waals surface area contributed by atoms with Crippen molar-refractivity contribution in [3.05, 3.63) is 11.6 Å². The van der Waals surface area contributed by atoms with Crippen LogP contribution in [0.3, 0.4) is 0 Å². The van der Waals surface area contributed by atoms with Crippen molar-refractivity contribution in [2.75, 3.05) is 0 Å². The lowest BCUT2D eigenvalue weighted by atomic mass is 9.46. The zero-order valence-electron chi connectivity index (χ0n) is 19.9. The second-order valence-electron chi connectivity index (χ2n) is 12.6. The van der Waals surface area contributed by atoms with Gasteiger partial charge in [-0.3, -0.25) is 0 Å². The van der Waals surface area contributed by atoms with E-state index >= 15 is 0 Å². The smallest absolute Gasteiger partial charge is 0 e. The van der Waals surface area contributed by atoms with Crippen LogP contribution in [-0.4, -0.2) is 0 Å². The number of hydrogen-bond acceptors (Lipinski definition) is 0. The highest BCUT2D eigenvalue weighted by molar-refractivity contribution is 5.25. The predicted octanol–water partition coefficient (Wildman–Crippen LogP) is 8.91. The first-order valence-corrected chi connectivity index (χ1v) is 12.9. The van der Waals surface area contributed by atoms with E-state index in [9.17, 15) is 0 Å². The molecule has 0 radical (unpaired) electrons. The molecule has 162 valence electrons. The van der Waals surface area contributed by atoms with Gasteiger partial charge < -0.3 is 0 Å². The van der Waals surface area contributed by atoms with Crippen molar-refractivity contribution in [1.29, 1.82) is 0 Å². The van der Waals surface area contributed by atoms with E-state index in [1.807, 2.05) is 5.57 Å². The van der Waals surface area contributed by atoms with Crippen LogP contribution in [0, 0.1) is 52.3 Å². The molecule has 4 aliphatic carbocycles. The summed E-state index contributed by atoms with van der Waals surface area (Å²) in [5.41, 5.74) is 3.06. The molecule has 0 nitrogen and oxygen atoms in total. The van der Waals surface area contributed by atoms with E-state index in [0.717, 1.165) is 41.4 Å². The second kappa shape index (κ2) is 7.77. The van der Waals surface area contributed by atoms with E-state index < -0.39 is 0 Å². The minimum Gasteiger partial charge on any atom is -0.0845 e. The Kier molecular flexibility index (Phi) is 5.83. The third-order valence-electron chi connectivity index (χ3n) is 10.6. The molecule has 0 spiro atoms. The van der Waals surface area contributed by atoms with Crippen LogP contribution >= 0.6 is 0 Å². The van der Waals surface area contributed by atoms with Gasteiger partial charge in [-0.2, -0.15) is 0 Å². The summed E-state index contributed by atoms with van der Waals surface area (Å²) in [6.07, 6.45) is 19.0. The molecular weight excluding hydrogens is 336 g/mol. The third-order valence-corrected chi connectivity index (χ3v) is 10.6. The topological polar surface area (TPSA) is 0 Å². The standard InChI is InChI=1S/C28H48.H2/c1-19(2)8-7-9-21(4)24-12-13-25-23-11-10-22-18-20(3)14-16-27(22,5)26(23)15-17-28(24,25)6;/h10,19-21,23-26H,7-9,11-18H2,1-6H3;1H/t20?,21-,23+,24?,25?,26?,27+,28-;/m1./s1. The zero-order valence-corrected chi connectivity index (χ0v) is 19.9. The Labute approximate surface area is 177 Å². The summed E-state index contributed by atoms with van der Waals surface area (Å²) in [4.78, 5) is 0. The number of fused-ring (bicyclic) bond motifs is 5. The lowest BCUT2D eigenvalue weighted by molar-refractivity contribution is -0.0523. The highest BCUT2D eigenvalue weighted by Gasteiger charge is 2.58. The number of allylic oxidation sites excluding steroid dienone is 2. The molecule has 8 atom stereocenters. The Morgan fingerprint density at radius 3 is 2.54 bits per heavy atom. The molecule has 0 heteroatoms. The summed E-state index contributed by atoms with van der Waals surface area (Å²) >= 11 is 0. The first-order valence-electron chi connectivity index (χ1n) is 12.9. The van der Waals surface area contributed by atoms with Crippen LogP contribution in [0.2, 0.25) is 0 Å². The molecule has 3 fully saturated rings. The van der Waals surface area contributed by atoms with E-state index in [1.165, 1.54) is 70.6 Å². The van der Waals surface area contributed by atoms with Gasteiger partial charge in [0.1, 0.15) is 0 Å². The fraction of sp³-hybridized carbons (Fsp3) is 0.929. The van der Waals surface area contributed by atoms with Crippen molar-refractivity contribution in [3.8, 4) is 0 Å². The molecule has 4 rings (SSSR count). The third kappa shape index (κ3) is 3.43. The van der Waals surface area contributed by atoms with Crippen LogP contribution in [0.5, 0.6) is 0 Å². The molecule has 0 aromatic heterocycles. The molecule has 4 unspecified atom stereocenters. The highest BCUT2D eigenvalue weighted by atomic mass is 14.6. The summed E-state index contributed by atoms with van der Waals surface area (Å²) < 4.78 is 0. The van der Waals surface area contributed by atoms with Crippen LogP contribution in [-0.2, 0) is 0 Å². The summed E-state index contributed by atoms with van der Waals surface area (Å²) in [6.45, 7) is 15.3. The molecule has 0 aromatic carbocycles. The van der Waals surface area contributed by atoms with Gasteiger partial charge in [-0.25, -0.2) is 0 Å². The van der Waals surface area contributed by atoms with Crippen LogP contribution in [0.4, 0.5) is 0 Å². The molecule has 0 N–H and O–H groups in total. The summed E-state index contributed by atoms with van der Waals surface area (Å²) in [5, 5.41) is 0. The quantitative estimate of drug-likeness (QED) is 0.414. The summed E-state index contributed by atoms with van der Waals surface area (Å²) in [7, 11) is 0. The highest BCUT2D eigenvalue weighted by Crippen LogP contribution is 2.67. The van der Waals surface area contributed by atoms with Gasteiger partial charge in [-0.05, 0) is 104 Å². The molecule has 0 saturated heterocycles. The van der Waals surface area contributed by atoms with Crippen LogP contribution in [0.15, 0.2) is 11.6 Å². The number of hydrogen-bond donors (Lipinski definition) is 0. The minimum absolute atomic E-state index is 0. The van der Waals surface area contributed by atoms with Crippen molar-refractivity contribution in [1.82, 2.24) is 0 Å². The van der Waals surface area contributed by atoms with Gasteiger partial charge in [0.15, 0.2) is 0 Å². The first kappa shape index (κ1) is 21.0. The maximum absolute atomic E-state index is 2.75. The Balaban J connectivity index is 0.00000240. The zero-order chi connectivity index (χ0) is 20.1. The molecule has 4 aliphatic rings. The summed E-state index contributed by atoms with van der Waals surface area (Å²) in [5.74, 6) is 6.73. The molecular formula is C28H50. The lowest BCUT2D eigenvalue weighted by Gasteiger charge is -2.58. The Hall–Kier alpha value is -0.260. The van der Waals surface area contributed by atoms with Gasteiger partial charge in [-0.15, -0.1) is 0 Å². The van der Waals surface area contributed by atoms with E-state index in [0.29, 0.717) is 10.8 Å². The Bertz CT molecular complexity index is 591. The average molecular weight is 387 g/mol. The van der Waals surface area contributed by atoms with Gasteiger partial charge in [0.25, 0.3) is 0 Å². The van der Waals surface area contributed by atoms with Crippen molar-refractivity contribution >= 4 is 0 Å². The van der Waals surface area contributed by atoms with Gasteiger partial charge in [0.2, 0.25) is 0 Å². The fourth-order valence-corrected chi connectivity index (χ4v) is 8.87. The normalized spacial score (nSPS) is 46.5. The molecule has 0 amide bonds. The maximum atomic E-state index is 2.75. The van der Waals surface area contributed by atoms with Gasteiger partial charge >= 0.3 is 0 Å². The molecule has 0 heterocycles. The van der Waals surface area contributed by atoms with Crippen LogP contribution in [0.1, 0.15) is 114 Å². The Morgan fingerprint density at radius 1 is 1.00 bits per heavy atom. The average Bonchev–Trinajstić information content (AvgIpc) is 2.99. The van der Waals surface area contributed by atoms with Gasteiger partial charge in [-0.1, -0.05) is 72.5 Å². The van der Waals surface area contributed by atoms with Crippen molar-refractivity contribution in [2.45, 2.75) is 112 Å². The van der Waals surface area contributed by atoms with E-state index in [-0.39, 0.29) is 1.43 Å². The SMILES string of the molecule is CC(C)CCC[C@@H](C)C1CCC2[C@@H]3CC=C4CC(C)CC[C@]4(C)C3CC[C@@]21C.[HH]. The van der Waals surface area contributed by atoms with E-state index in [1.54, 1.807) is 0 Å². The predicted molar refractivity (Wildman–Crippen MR) is 124 cm³/mol. The van der Waals surface area contributed by atoms with Crippen molar-refractivity contribution in [3.63, 3.8) is 0 Å². The van der Waals surface area contributed by atoms with Crippen LogP contribution in [0.25, 0.3) is 0 Å². The van der Waals surface area contributed by atoms with E-state index in [4.69, 9.17) is 0 Å². The lowest BCUT2D eigenvalue weighted by Crippen LogP contribution is -2.50. The van der Waals surface area contributed by atoms with Gasteiger partial charge in [0.05, 0.1) is 0 Å². The van der Waals surface area contributed by atoms with E-state index in [2.05, 4.69) is 47.6 Å².